The maximum Gasteiger partial charge on any atom is 1.00 e. The largest absolute Gasteiger partial charge is 1.00 e. The van der Waals surface area contributed by atoms with Crippen LogP contribution in [-0.4, -0.2) is 13.3 Å². The summed E-state index contributed by atoms with van der Waals surface area (Å²) in [6.45, 7) is 2.14. The molecule has 0 bridgehead atoms. The van der Waals surface area contributed by atoms with Crippen LogP contribution in [-0.2, 0) is 6.42 Å². The summed E-state index contributed by atoms with van der Waals surface area (Å²) in [6, 6.07) is 9.01. The van der Waals surface area contributed by atoms with Crippen molar-refractivity contribution in [2.24, 2.45) is 4.99 Å². The standard InChI is InChI=1S/C10H12N.K/c1-3-9-6-4-5-7-10(9)8-11-2;/h4,6-8H,3H2,1-2H3;/q-1;+1. The van der Waals surface area contributed by atoms with Crippen molar-refractivity contribution in [3.63, 3.8) is 0 Å². The number of hydrogen-bond donors (Lipinski definition) is 0. The fraction of sp³-hybridized carbons (Fsp3) is 0.300. The number of aliphatic imine (C=N–C) groups is 1. The second-order valence-corrected chi connectivity index (χ2v) is 2.37. The van der Waals surface area contributed by atoms with Crippen LogP contribution in [0.1, 0.15) is 18.1 Å². The van der Waals surface area contributed by atoms with Gasteiger partial charge in [-0.1, -0.05) is 13.3 Å². The smallest absolute Gasteiger partial charge is 0.309 e. The Morgan fingerprint density at radius 2 is 2.33 bits per heavy atom. The van der Waals surface area contributed by atoms with Crippen LogP contribution in [0, 0.1) is 6.07 Å². The van der Waals surface area contributed by atoms with Crippen LogP contribution in [0.25, 0.3) is 0 Å². The molecule has 0 fully saturated rings. The summed E-state index contributed by atoms with van der Waals surface area (Å²) in [4.78, 5) is 3.97. The zero-order valence-corrected chi connectivity index (χ0v) is 11.1. The first-order valence-electron chi connectivity index (χ1n) is 3.79. The van der Waals surface area contributed by atoms with Gasteiger partial charge in [0.05, 0.1) is 0 Å². The molecule has 0 saturated carbocycles. The monoisotopic (exact) mass is 185 g/mol. The van der Waals surface area contributed by atoms with Crippen LogP contribution in [0.5, 0.6) is 0 Å². The van der Waals surface area contributed by atoms with Crippen molar-refractivity contribution in [3.05, 3.63) is 35.4 Å². The summed E-state index contributed by atoms with van der Waals surface area (Å²) in [7, 11) is 1.78. The molecule has 1 aromatic rings. The van der Waals surface area contributed by atoms with Gasteiger partial charge < -0.3 is 4.99 Å². The average Bonchev–Trinajstić information content (AvgIpc) is 2.06. The second kappa shape index (κ2) is 6.98. The summed E-state index contributed by atoms with van der Waals surface area (Å²) in [5, 5.41) is 0. The molecule has 0 N–H and O–H groups in total. The number of hydrogen-bond acceptors (Lipinski definition) is 1. The molecular weight excluding hydrogens is 173 g/mol. The maximum absolute atomic E-state index is 3.97. The Balaban J connectivity index is 0.00000121. The molecule has 1 nitrogen and oxygen atoms in total. The molecule has 0 aliphatic rings. The van der Waals surface area contributed by atoms with Gasteiger partial charge in [0, 0.05) is 7.05 Å². The van der Waals surface area contributed by atoms with Crippen molar-refractivity contribution >= 4 is 6.21 Å². The van der Waals surface area contributed by atoms with Gasteiger partial charge in [0.25, 0.3) is 0 Å². The predicted molar refractivity (Wildman–Crippen MR) is 48.2 cm³/mol. The van der Waals surface area contributed by atoms with E-state index in [9.17, 15) is 0 Å². The van der Waals surface area contributed by atoms with E-state index in [4.69, 9.17) is 0 Å². The van der Waals surface area contributed by atoms with Gasteiger partial charge in [0.15, 0.2) is 0 Å². The molecule has 1 aromatic carbocycles. The number of rotatable bonds is 2. The van der Waals surface area contributed by atoms with Crippen LogP contribution in [0.15, 0.2) is 23.2 Å². The Hall–Kier alpha value is 0.526. The Morgan fingerprint density at radius 3 is 2.92 bits per heavy atom. The van der Waals surface area contributed by atoms with Crippen LogP contribution in [0.3, 0.4) is 0 Å². The summed E-state index contributed by atoms with van der Waals surface area (Å²) in [5.74, 6) is 0. The molecule has 0 aromatic heterocycles. The van der Waals surface area contributed by atoms with Crippen molar-refractivity contribution < 1.29 is 51.4 Å². The van der Waals surface area contributed by atoms with Crippen LogP contribution < -0.4 is 51.4 Å². The van der Waals surface area contributed by atoms with E-state index in [-0.39, 0.29) is 51.4 Å². The van der Waals surface area contributed by atoms with Gasteiger partial charge in [-0.3, -0.25) is 0 Å². The molecule has 0 atom stereocenters. The Kier molecular flexibility index (Phi) is 7.29. The normalized spacial score (nSPS) is 9.83. The van der Waals surface area contributed by atoms with E-state index in [0.717, 1.165) is 6.42 Å². The van der Waals surface area contributed by atoms with Crippen molar-refractivity contribution in [2.75, 3.05) is 7.05 Å². The molecular formula is C10H12KN. The first kappa shape index (κ1) is 12.5. The molecule has 1 rings (SSSR count). The van der Waals surface area contributed by atoms with Crippen LogP contribution in [0.2, 0.25) is 0 Å². The number of benzene rings is 1. The first-order valence-corrected chi connectivity index (χ1v) is 3.79. The van der Waals surface area contributed by atoms with E-state index < -0.39 is 0 Å². The van der Waals surface area contributed by atoms with Gasteiger partial charge in [0.1, 0.15) is 0 Å². The minimum atomic E-state index is 0. The predicted octanol–water partition coefficient (Wildman–Crippen LogP) is -0.898. The summed E-state index contributed by atoms with van der Waals surface area (Å²) < 4.78 is 0. The van der Waals surface area contributed by atoms with Crippen molar-refractivity contribution in [1.29, 1.82) is 0 Å². The molecule has 12 heavy (non-hydrogen) atoms. The third-order valence-corrected chi connectivity index (χ3v) is 1.64. The third-order valence-electron chi connectivity index (χ3n) is 1.64. The molecule has 0 aliphatic carbocycles. The first-order chi connectivity index (χ1) is 5.38. The molecule has 0 heterocycles. The molecule has 0 unspecified atom stereocenters. The summed E-state index contributed by atoms with van der Waals surface area (Å²) in [5.41, 5.74) is 2.51. The summed E-state index contributed by atoms with van der Waals surface area (Å²) in [6.07, 6.45) is 2.92. The van der Waals surface area contributed by atoms with E-state index in [1.165, 1.54) is 11.1 Å². The Bertz CT molecular complexity index is 256. The minimum Gasteiger partial charge on any atom is -0.309 e. The van der Waals surface area contributed by atoms with Gasteiger partial charge in [0.2, 0.25) is 0 Å². The number of aryl methyl sites for hydroxylation is 1. The van der Waals surface area contributed by atoms with Gasteiger partial charge >= 0.3 is 51.4 Å². The minimum absolute atomic E-state index is 0. The van der Waals surface area contributed by atoms with Crippen LogP contribution in [0.4, 0.5) is 0 Å². The topological polar surface area (TPSA) is 12.4 Å². The van der Waals surface area contributed by atoms with Gasteiger partial charge in [-0.2, -0.15) is 24.3 Å². The summed E-state index contributed by atoms with van der Waals surface area (Å²) >= 11 is 0. The zero-order valence-electron chi connectivity index (χ0n) is 7.96. The van der Waals surface area contributed by atoms with Crippen molar-refractivity contribution in [1.82, 2.24) is 0 Å². The van der Waals surface area contributed by atoms with E-state index in [0.29, 0.717) is 0 Å². The molecule has 58 valence electrons. The maximum atomic E-state index is 3.97. The van der Waals surface area contributed by atoms with E-state index in [1.54, 1.807) is 7.05 Å². The fourth-order valence-corrected chi connectivity index (χ4v) is 1.06. The third kappa shape index (κ3) is 3.50. The molecule has 0 spiro atoms. The molecule has 0 saturated heterocycles. The van der Waals surface area contributed by atoms with E-state index in [1.807, 2.05) is 18.3 Å². The fourth-order valence-electron chi connectivity index (χ4n) is 1.06. The van der Waals surface area contributed by atoms with Crippen LogP contribution >= 0.6 is 0 Å². The van der Waals surface area contributed by atoms with Gasteiger partial charge in [-0.25, -0.2) is 0 Å². The van der Waals surface area contributed by atoms with Crippen molar-refractivity contribution in [2.45, 2.75) is 13.3 Å². The Morgan fingerprint density at radius 1 is 1.58 bits per heavy atom. The molecule has 0 aliphatic heterocycles. The van der Waals surface area contributed by atoms with E-state index in [2.05, 4.69) is 24.0 Å². The molecule has 2 heteroatoms. The zero-order chi connectivity index (χ0) is 8.10. The van der Waals surface area contributed by atoms with Gasteiger partial charge in [-0.05, 0) is 6.21 Å². The van der Waals surface area contributed by atoms with E-state index >= 15 is 0 Å². The Labute approximate surface area is 117 Å². The molecule has 0 radical (unpaired) electrons. The number of nitrogens with zero attached hydrogens (tertiary/aromatic N) is 1. The quantitative estimate of drug-likeness (QED) is 0.322. The van der Waals surface area contributed by atoms with Crippen molar-refractivity contribution in [3.8, 4) is 0 Å². The second-order valence-electron chi connectivity index (χ2n) is 2.37. The van der Waals surface area contributed by atoms with Gasteiger partial charge in [-0.15, -0.1) is 11.1 Å². The molecule has 0 amide bonds. The SMILES string of the molecule is CCc1cc[c-]cc1C=NC.[K+]. The average molecular weight is 185 g/mol.